The molecule has 1 saturated heterocycles. The summed E-state index contributed by atoms with van der Waals surface area (Å²) in [6.07, 6.45) is 13.3. The van der Waals surface area contributed by atoms with Gasteiger partial charge in [-0.05, 0) is 74.6 Å². The molecule has 174 valence electrons. The lowest BCUT2D eigenvalue weighted by molar-refractivity contribution is -0.0611. The monoisotopic (exact) mass is 448 g/mol. The maximum Gasteiger partial charge on any atom is 0.222 e. The molecule has 3 aromatic rings. The Hall–Kier alpha value is -2.94. The lowest BCUT2D eigenvalue weighted by atomic mass is 9.53. The van der Waals surface area contributed by atoms with E-state index in [1.54, 1.807) is 18.0 Å². The number of pyridine rings is 1. The molecule has 3 aromatic heterocycles. The van der Waals surface area contributed by atoms with Crippen molar-refractivity contribution < 1.29 is 4.74 Å². The number of hydrogen-bond donors (Lipinski definition) is 2. The zero-order valence-electron chi connectivity index (χ0n) is 19.2. The first-order valence-electron chi connectivity index (χ1n) is 12.0. The maximum atomic E-state index is 6.07. The van der Waals surface area contributed by atoms with Crippen LogP contribution in [0.3, 0.4) is 0 Å². The van der Waals surface area contributed by atoms with E-state index in [-0.39, 0.29) is 5.95 Å². The Bertz CT molecular complexity index is 1170. The number of methoxy groups -OCH3 is 1. The predicted octanol–water partition coefficient (Wildman–Crippen LogP) is 2.95. The van der Waals surface area contributed by atoms with Crippen molar-refractivity contribution in [3.05, 3.63) is 29.7 Å². The molecule has 2 saturated carbocycles. The molecular weight excluding hydrogens is 416 g/mol. The number of rotatable bonds is 5. The summed E-state index contributed by atoms with van der Waals surface area (Å²) in [5.41, 5.74) is 15.9. The second-order valence-electron chi connectivity index (χ2n) is 10.1. The van der Waals surface area contributed by atoms with Crippen LogP contribution in [0.5, 0.6) is 5.75 Å². The Balaban J connectivity index is 1.14. The van der Waals surface area contributed by atoms with E-state index in [4.69, 9.17) is 21.2 Å². The number of likely N-dealkylation sites (tertiary alicyclic amines) is 1. The van der Waals surface area contributed by atoms with E-state index < -0.39 is 0 Å². The van der Waals surface area contributed by atoms with Crippen molar-refractivity contribution >= 4 is 22.8 Å². The van der Waals surface area contributed by atoms with Gasteiger partial charge in [0.25, 0.3) is 0 Å². The fourth-order valence-electron chi connectivity index (χ4n) is 6.20. The lowest BCUT2D eigenvalue weighted by Gasteiger charge is -2.58. The van der Waals surface area contributed by atoms with Gasteiger partial charge in [0.1, 0.15) is 22.5 Å². The minimum absolute atomic E-state index is 0.144. The van der Waals surface area contributed by atoms with Crippen LogP contribution in [0.4, 0.5) is 11.8 Å². The Labute approximate surface area is 193 Å². The third-order valence-electron chi connectivity index (χ3n) is 8.27. The van der Waals surface area contributed by atoms with Crippen molar-refractivity contribution in [3.63, 3.8) is 0 Å². The molecule has 0 unspecified atom stereocenters. The van der Waals surface area contributed by atoms with E-state index in [0.29, 0.717) is 29.3 Å². The normalized spacial score (nSPS) is 21.2. The first kappa shape index (κ1) is 20.7. The molecule has 1 spiro atoms. The van der Waals surface area contributed by atoms with Crippen molar-refractivity contribution in [2.75, 3.05) is 31.7 Å². The first-order chi connectivity index (χ1) is 16.0. The fraction of sp³-hybridized carbons (Fsp3) is 0.583. The Kier molecular flexibility index (Phi) is 4.90. The zero-order chi connectivity index (χ0) is 22.6. The molecule has 0 aromatic carbocycles. The van der Waals surface area contributed by atoms with Crippen LogP contribution in [0, 0.1) is 5.41 Å². The van der Waals surface area contributed by atoms with Gasteiger partial charge in [0.15, 0.2) is 5.82 Å². The average Bonchev–Trinajstić information content (AvgIpc) is 3.15. The summed E-state index contributed by atoms with van der Waals surface area (Å²) in [6, 6.07) is 2.98. The van der Waals surface area contributed by atoms with Crippen LogP contribution in [0.1, 0.15) is 62.1 Å². The van der Waals surface area contributed by atoms with Crippen molar-refractivity contribution in [2.45, 2.75) is 63.5 Å². The Morgan fingerprint density at radius 3 is 2.61 bits per heavy atom. The number of nitrogens with two attached hydrogens (primary N) is 2. The predicted molar refractivity (Wildman–Crippen MR) is 127 cm³/mol. The van der Waals surface area contributed by atoms with Crippen LogP contribution >= 0.6 is 0 Å². The highest BCUT2D eigenvalue weighted by atomic mass is 16.5. The fourth-order valence-corrected chi connectivity index (χ4v) is 6.20. The highest BCUT2D eigenvalue weighted by molar-refractivity contribution is 5.85. The highest BCUT2D eigenvalue weighted by Crippen LogP contribution is 2.57. The van der Waals surface area contributed by atoms with Gasteiger partial charge in [-0.3, -0.25) is 9.67 Å². The van der Waals surface area contributed by atoms with Crippen molar-refractivity contribution in [1.29, 1.82) is 0 Å². The van der Waals surface area contributed by atoms with Crippen LogP contribution < -0.4 is 16.2 Å². The number of nitrogen functional groups attached to an aromatic ring is 2. The summed E-state index contributed by atoms with van der Waals surface area (Å²) < 4.78 is 7.47. The van der Waals surface area contributed by atoms with E-state index in [1.807, 2.05) is 6.20 Å². The van der Waals surface area contributed by atoms with E-state index in [2.05, 4.69) is 26.0 Å². The largest absolute Gasteiger partial charge is 0.495 e. The number of nitrogens with zero attached hydrogens (tertiary/aromatic N) is 6. The quantitative estimate of drug-likeness (QED) is 0.611. The van der Waals surface area contributed by atoms with Crippen LogP contribution in [-0.2, 0) is 6.54 Å². The number of anilines is 2. The molecule has 33 heavy (non-hydrogen) atoms. The molecule has 0 radical (unpaired) electrons. The van der Waals surface area contributed by atoms with Gasteiger partial charge < -0.3 is 21.1 Å². The molecule has 3 fully saturated rings. The van der Waals surface area contributed by atoms with Crippen molar-refractivity contribution in [3.8, 4) is 5.75 Å². The topological polar surface area (TPSA) is 121 Å². The van der Waals surface area contributed by atoms with Crippen LogP contribution in [-0.4, -0.2) is 55.9 Å². The number of hydrogen-bond acceptors (Lipinski definition) is 8. The van der Waals surface area contributed by atoms with Gasteiger partial charge in [-0.2, -0.15) is 10.1 Å². The molecule has 0 atom stereocenters. The highest BCUT2D eigenvalue weighted by Gasteiger charge is 2.50. The smallest absolute Gasteiger partial charge is 0.222 e. The summed E-state index contributed by atoms with van der Waals surface area (Å²) >= 11 is 0. The van der Waals surface area contributed by atoms with Crippen LogP contribution in [0.15, 0.2) is 18.5 Å². The molecule has 1 aliphatic heterocycles. The summed E-state index contributed by atoms with van der Waals surface area (Å²) in [4.78, 5) is 15.8. The van der Waals surface area contributed by atoms with Gasteiger partial charge in [-0.25, -0.2) is 4.98 Å². The average molecular weight is 449 g/mol. The molecule has 4 heterocycles. The summed E-state index contributed by atoms with van der Waals surface area (Å²) in [5.74, 6) is 1.77. The minimum Gasteiger partial charge on any atom is -0.495 e. The SMILES string of the molecule is COc1cc(C2CCN(C3CC4(CCC4)C3)CC2)cnc1Cn1ncc2nc(N)nc(N)c21. The van der Waals surface area contributed by atoms with Crippen LogP contribution in [0.25, 0.3) is 11.0 Å². The van der Waals surface area contributed by atoms with E-state index >= 15 is 0 Å². The Morgan fingerprint density at radius 2 is 1.91 bits per heavy atom. The van der Waals surface area contributed by atoms with Gasteiger partial charge in [0.05, 0.1) is 19.9 Å². The molecule has 9 heteroatoms. The number of aromatic nitrogens is 5. The number of fused-ring (bicyclic) bond motifs is 1. The Morgan fingerprint density at radius 1 is 1.12 bits per heavy atom. The first-order valence-corrected chi connectivity index (χ1v) is 12.0. The van der Waals surface area contributed by atoms with Crippen molar-refractivity contribution in [2.24, 2.45) is 5.41 Å². The minimum atomic E-state index is 0.144. The van der Waals surface area contributed by atoms with E-state index in [1.165, 1.54) is 63.6 Å². The van der Waals surface area contributed by atoms with Crippen molar-refractivity contribution in [1.82, 2.24) is 29.6 Å². The second-order valence-corrected chi connectivity index (χ2v) is 10.1. The molecule has 6 rings (SSSR count). The van der Waals surface area contributed by atoms with E-state index in [0.717, 1.165) is 22.9 Å². The van der Waals surface area contributed by atoms with Gasteiger partial charge in [0, 0.05) is 12.2 Å². The van der Waals surface area contributed by atoms with E-state index in [9.17, 15) is 0 Å². The molecule has 0 amide bonds. The van der Waals surface area contributed by atoms with Gasteiger partial charge >= 0.3 is 0 Å². The second kappa shape index (κ2) is 7.83. The molecule has 4 N–H and O–H groups in total. The molecule has 0 bridgehead atoms. The molecule has 2 aliphatic carbocycles. The number of ether oxygens (including phenoxy) is 1. The molecule has 9 nitrogen and oxygen atoms in total. The maximum absolute atomic E-state index is 6.07. The lowest BCUT2D eigenvalue weighted by Crippen LogP contribution is -2.55. The standard InChI is InChI=1S/C24H32N8O/c1-33-20-9-16(15-3-7-31(8-4-15)17-10-24(11-17)5-2-6-24)12-27-19(20)14-32-21-18(13-28-32)29-23(26)30-22(21)25/h9,12-13,15,17H,2-8,10-11,14H2,1H3,(H4,25,26,29,30). The summed E-state index contributed by atoms with van der Waals surface area (Å²) in [5, 5.41) is 4.42. The molecular formula is C24H32N8O. The number of piperidine rings is 1. The zero-order valence-corrected chi connectivity index (χ0v) is 19.2. The van der Waals surface area contributed by atoms with Gasteiger partial charge in [0.2, 0.25) is 5.95 Å². The van der Waals surface area contributed by atoms with Crippen LogP contribution in [0.2, 0.25) is 0 Å². The third kappa shape index (κ3) is 3.58. The summed E-state index contributed by atoms with van der Waals surface area (Å²) in [6.45, 7) is 2.81. The molecule has 3 aliphatic rings. The van der Waals surface area contributed by atoms with Gasteiger partial charge in [-0.15, -0.1) is 0 Å². The van der Waals surface area contributed by atoms with Gasteiger partial charge in [-0.1, -0.05) is 6.42 Å². The summed E-state index contributed by atoms with van der Waals surface area (Å²) in [7, 11) is 1.69. The third-order valence-corrected chi connectivity index (χ3v) is 8.27.